The van der Waals surface area contributed by atoms with Crippen molar-refractivity contribution in [3.8, 4) is 0 Å². The average molecular weight is 376 g/mol. The van der Waals surface area contributed by atoms with Crippen LogP contribution in [0.15, 0.2) is 0 Å². The van der Waals surface area contributed by atoms with Crippen molar-refractivity contribution in [2.75, 3.05) is 0 Å². The topological polar surface area (TPSA) is 208 Å². The Morgan fingerprint density at radius 3 is 1.81 bits per heavy atom. The molecule has 0 spiro atoms. The fourth-order valence-electron chi connectivity index (χ4n) is 1.73. The summed E-state index contributed by atoms with van der Waals surface area (Å²) in [5, 5.41) is 33.6. The molecule has 0 aliphatic heterocycles. The molecule has 5 unspecified atom stereocenters. The third-order valence-corrected chi connectivity index (χ3v) is 3.22. The average Bonchev–Trinajstić information content (AvgIpc) is 2.50. The van der Waals surface area contributed by atoms with Crippen molar-refractivity contribution in [1.29, 1.82) is 0 Å². The van der Waals surface area contributed by atoms with Gasteiger partial charge >= 0.3 is 11.9 Å². The zero-order valence-electron chi connectivity index (χ0n) is 14.6. The van der Waals surface area contributed by atoms with Crippen molar-refractivity contribution in [3.63, 3.8) is 0 Å². The number of aliphatic hydroxyl groups excluding tert-OH is 1. The summed E-state index contributed by atoms with van der Waals surface area (Å²) in [6, 6.07) is -5.26. The lowest BCUT2D eigenvalue weighted by Crippen LogP contribution is -2.59. The minimum Gasteiger partial charge on any atom is -0.481 e. The number of carboxylic acid groups (broad SMARTS) is 2. The maximum absolute atomic E-state index is 12.1. The van der Waals surface area contributed by atoms with Gasteiger partial charge in [0.1, 0.15) is 18.1 Å². The van der Waals surface area contributed by atoms with Crippen LogP contribution in [0, 0.1) is 0 Å². The van der Waals surface area contributed by atoms with Gasteiger partial charge in [0.25, 0.3) is 0 Å². The van der Waals surface area contributed by atoms with Crippen LogP contribution in [-0.2, 0) is 24.0 Å². The molecule has 148 valence electrons. The number of rotatable bonds is 10. The number of aliphatic hydroxyl groups is 1. The lowest BCUT2D eigenvalue weighted by atomic mass is 10.1. The molecule has 0 bridgehead atoms. The predicted octanol–water partition coefficient (Wildman–Crippen LogP) is -3.25. The number of hydrogen-bond acceptors (Lipinski definition) is 7. The highest BCUT2D eigenvalue weighted by molar-refractivity contribution is 5.94. The van der Waals surface area contributed by atoms with E-state index in [4.69, 9.17) is 15.9 Å². The molecule has 8 N–H and O–H groups in total. The Labute approximate surface area is 149 Å². The third kappa shape index (κ3) is 7.90. The number of hydrogen-bond donors (Lipinski definition) is 7. The summed E-state index contributed by atoms with van der Waals surface area (Å²) in [6.07, 6.45) is -2.31. The molecule has 0 aliphatic rings. The summed E-state index contributed by atoms with van der Waals surface area (Å²) in [5.41, 5.74) is 5.35. The number of amides is 3. The van der Waals surface area contributed by atoms with Crippen LogP contribution in [-0.4, -0.2) is 75.3 Å². The zero-order chi connectivity index (χ0) is 20.6. The van der Waals surface area contributed by atoms with E-state index in [1.165, 1.54) is 20.8 Å². The molecule has 0 fully saturated rings. The first kappa shape index (κ1) is 23.3. The minimum atomic E-state index is -1.74. The zero-order valence-corrected chi connectivity index (χ0v) is 14.6. The van der Waals surface area contributed by atoms with E-state index < -0.39 is 66.4 Å². The van der Waals surface area contributed by atoms with E-state index in [1.54, 1.807) is 0 Å². The molecule has 0 aromatic rings. The van der Waals surface area contributed by atoms with E-state index in [-0.39, 0.29) is 0 Å². The van der Waals surface area contributed by atoms with Crippen molar-refractivity contribution < 1.29 is 39.3 Å². The van der Waals surface area contributed by atoms with Gasteiger partial charge in [-0.05, 0) is 20.8 Å². The Hall–Kier alpha value is -2.73. The molecule has 0 aromatic heterocycles. The third-order valence-electron chi connectivity index (χ3n) is 3.22. The first-order valence-electron chi connectivity index (χ1n) is 7.66. The van der Waals surface area contributed by atoms with Gasteiger partial charge in [0.2, 0.25) is 17.7 Å². The predicted molar refractivity (Wildman–Crippen MR) is 86.7 cm³/mol. The molecule has 26 heavy (non-hydrogen) atoms. The quantitative estimate of drug-likeness (QED) is 0.204. The van der Waals surface area contributed by atoms with E-state index in [2.05, 4.69) is 10.6 Å². The molecule has 0 heterocycles. The number of nitrogens with two attached hydrogens (primary N) is 1. The van der Waals surface area contributed by atoms with Crippen molar-refractivity contribution in [2.45, 2.75) is 57.5 Å². The lowest BCUT2D eigenvalue weighted by Gasteiger charge is -2.24. The monoisotopic (exact) mass is 376 g/mol. The standard InChI is InChI=1S/C14H24N4O8/c1-5(15)11(22)16-6(2)12(23)18-10(7(3)19)13(24)17-8(14(25)26)4-9(20)21/h5-8,10,19H,4,15H2,1-3H3,(H,16,22)(H,17,24)(H,18,23)(H,20,21)(H,25,26). The minimum absolute atomic E-state index is 0.613. The van der Waals surface area contributed by atoms with Gasteiger partial charge in [-0.25, -0.2) is 4.79 Å². The maximum atomic E-state index is 12.1. The summed E-state index contributed by atoms with van der Waals surface area (Å²) in [7, 11) is 0. The Morgan fingerprint density at radius 1 is 0.885 bits per heavy atom. The first-order chi connectivity index (χ1) is 11.9. The molecule has 0 saturated carbocycles. The molecule has 0 rings (SSSR count). The van der Waals surface area contributed by atoms with Gasteiger partial charge in [0.15, 0.2) is 0 Å². The number of aliphatic carboxylic acids is 2. The van der Waals surface area contributed by atoms with Crippen LogP contribution in [0.4, 0.5) is 0 Å². The van der Waals surface area contributed by atoms with Gasteiger partial charge in [-0.2, -0.15) is 0 Å². The number of nitrogens with one attached hydrogen (secondary N) is 3. The second-order valence-corrected chi connectivity index (χ2v) is 5.74. The van der Waals surface area contributed by atoms with Crippen LogP contribution in [0.3, 0.4) is 0 Å². The first-order valence-corrected chi connectivity index (χ1v) is 7.66. The lowest BCUT2D eigenvalue weighted by molar-refractivity contribution is -0.147. The summed E-state index contributed by atoms with van der Waals surface area (Å²) >= 11 is 0. The van der Waals surface area contributed by atoms with Crippen LogP contribution in [0.2, 0.25) is 0 Å². The van der Waals surface area contributed by atoms with E-state index in [1.807, 2.05) is 5.32 Å². The molecule has 0 aliphatic carbocycles. The maximum Gasteiger partial charge on any atom is 0.326 e. The van der Waals surface area contributed by atoms with Crippen LogP contribution in [0.1, 0.15) is 27.2 Å². The molecule has 0 radical (unpaired) electrons. The van der Waals surface area contributed by atoms with Crippen LogP contribution < -0.4 is 21.7 Å². The highest BCUT2D eigenvalue weighted by Gasteiger charge is 2.32. The van der Waals surface area contributed by atoms with Gasteiger partial charge in [-0.1, -0.05) is 0 Å². The molecule has 0 aromatic carbocycles. The molecule has 12 nitrogen and oxygen atoms in total. The number of carbonyl (C=O) groups excluding carboxylic acids is 3. The Bertz CT molecular complexity index is 563. The normalized spacial score (nSPS) is 16.3. The Morgan fingerprint density at radius 2 is 1.42 bits per heavy atom. The van der Waals surface area contributed by atoms with Gasteiger partial charge < -0.3 is 37.0 Å². The SMILES string of the molecule is CC(N)C(=O)NC(C)C(=O)NC(C(=O)NC(CC(=O)O)C(=O)O)C(C)O. The summed E-state index contributed by atoms with van der Waals surface area (Å²) in [4.78, 5) is 57.3. The van der Waals surface area contributed by atoms with Crippen LogP contribution in [0.5, 0.6) is 0 Å². The Kier molecular flexibility index (Phi) is 9.22. The Balaban J connectivity index is 5.03. The number of carboxylic acids is 2. The van der Waals surface area contributed by atoms with Crippen molar-refractivity contribution in [2.24, 2.45) is 5.73 Å². The van der Waals surface area contributed by atoms with Crippen molar-refractivity contribution in [3.05, 3.63) is 0 Å². The van der Waals surface area contributed by atoms with E-state index in [0.29, 0.717) is 0 Å². The van der Waals surface area contributed by atoms with Crippen molar-refractivity contribution >= 4 is 29.7 Å². The molecule has 12 heteroatoms. The van der Waals surface area contributed by atoms with E-state index in [0.717, 1.165) is 0 Å². The molecular formula is C14H24N4O8. The molecule has 3 amide bonds. The fourth-order valence-corrected chi connectivity index (χ4v) is 1.73. The van der Waals surface area contributed by atoms with Gasteiger partial charge in [-0.15, -0.1) is 0 Å². The van der Waals surface area contributed by atoms with E-state index in [9.17, 15) is 29.1 Å². The highest BCUT2D eigenvalue weighted by atomic mass is 16.4. The van der Waals surface area contributed by atoms with Gasteiger partial charge in [-0.3, -0.25) is 19.2 Å². The second kappa shape index (κ2) is 10.3. The van der Waals surface area contributed by atoms with Crippen LogP contribution in [0.25, 0.3) is 0 Å². The van der Waals surface area contributed by atoms with Gasteiger partial charge in [0.05, 0.1) is 18.6 Å². The van der Waals surface area contributed by atoms with Crippen LogP contribution >= 0.6 is 0 Å². The summed E-state index contributed by atoms with van der Waals surface area (Å²) in [6.45, 7) is 3.89. The number of carbonyl (C=O) groups is 5. The smallest absolute Gasteiger partial charge is 0.326 e. The summed E-state index contributed by atoms with van der Waals surface area (Å²) in [5.74, 6) is -5.58. The van der Waals surface area contributed by atoms with Gasteiger partial charge in [0, 0.05) is 0 Å². The molecular weight excluding hydrogens is 352 g/mol. The van der Waals surface area contributed by atoms with E-state index >= 15 is 0 Å². The second-order valence-electron chi connectivity index (χ2n) is 5.74. The highest BCUT2D eigenvalue weighted by Crippen LogP contribution is 1.99. The largest absolute Gasteiger partial charge is 0.481 e. The van der Waals surface area contributed by atoms with Crippen molar-refractivity contribution in [1.82, 2.24) is 16.0 Å². The summed E-state index contributed by atoms with van der Waals surface area (Å²) < 4.78 is 0. The fraction of sp³-hybridized carbons (Fsp3) is 0.643. The molecule has 5 atom stereocenters. The molecule has 0 saturated heterocycles.